The molecule has 2 heterocycles. The van der Waals surface area contributed by atoms with Gasteiger partial charge in [-0.1, -0.05) is 35.1 Å². The number of ether oxygens (including phenoxy) is 2. The van der Waals surface area contributed by atoms with Crippen LogP contribution >= 0.6 is 22.9 Å². The Kier molecular flexibility index (Phi) is 4.03. The molecule has 4 rings (SSSR count). The molecule has 0 aliphatic carbocycles. The van der Waals surface area contributed by atoms with Gasteiger partial charge in [0.2, 0.25) is 4.96 Å². The highest BCUT2D eigenvalue weighted by Gasteiger charge is 2.16. The normalized spacial score (nSPS) is 11.0. The van der Waals surface area contributed by atoms with Crippen LogP contribution in [0, 0.1) is 0 Å². The monoisotopic (exact) mass is 372 g/mol. The van der Waals surface area contributed by atoms with Crippen molar-refractivity contribution in [1.29, 1.82) is 0 Å². The molecular weight excluding hydrogens is 360 g/mol. The maximum Gasteiger partial charge on any atom is 0.235 e. The second kappa shape index (κ2) is 6.34. The van der Waals surface area contributed by atoms with Crippen LogP contribution in [0.4, 0.5) is 0 Å². The van der Waals surface area contributed by atoms with Crippen LogP contribution in [-0.4, -0.2) is 34.0 Å². The molecule has 0 saturated carbocycles. The summed E-state index contributed by atoms with van der Waals surface area (Å²) < 4.78 is 12.4. The van der Waals surface area contributed by atoms with Gasteiger partial charge in [0.05, 0.1) is 14.2 Å². The standard InChI is InChI=1S/C17H13ClN4O2S/c1-23-13-8-5-11(9-14(13)24-2)15-19-20-17-22(15)21-16(25-17)10-3-6-12(18)7-4-10/h3-9H,1-2H3. The minimum Gasteiger partial charge on any atom is -0.493 e. The smallest absolute Gasteiger partial charge is 0.235 e. The van der Waals surface area contributed by atoms with Gasteiger partial charge in [0.25, 0.3) is 0 Å². The number of fused-ring (bicyclic) bond motifs is 1. The SMILES string of the molecule is COc1ccc(-c2nnc3sc(-c4ccc(Cl)cc4)nn23)cc1OC. The lowest BCUT2D eigenvalue weighted by Crippen LogP contribution is -1.94. The van der Waals surface area contributed by atoms with E-state index in [1.54, 1.807) is 18.7 Å². The molecule has 0 bridgehead atoms. The van der Waals surface area contributed by atoms with Crippen molar-refractivity contribution in [3.05, 3.63) is 47.5 Å². The first-order valence-corrected chi connectivity index (χ1v) is 8.59. The number of nitrogens with zero attached hydrogens (tertiary/aromatic N) is 4. The third kappa shape index (κ3) is 2.81. The molecular formula is C17H13ClN4O2S. The molecule has 0 radical (unpaired) electrons. The molecule has 0 aliphatic heterocycles. The Morgan fingerprint density at radius 1 is 0.920 bits per heavy atom. The van der Waals surface area contributed by atoms with Crippen molar-refractivity contribution in [1.82, 2.24) is 19.8 Å². The summed E-state index contributed by atoms with van der Waals surface area (Å²) in [7, 11) is 3.20. The fourth-order valence-electron chi connectivity index (χ4n) is 2.48. The third-order valence-electron chi connectivity index (χ3n) is 3.72. The molecule has 0 spiro atoms. The highest BCUT2D eigenvalue weighted by molar-refractivity contribution is 7.19. The summed E-state index contributed by atoms with van der Waals surface area (Å²) in [4.78, 5) is 0.717. The summed E-state index contributed by atoms with van der Waals surface area (Å²) in [5.74, 6) is 1.93. The number of benzene rings is 2. The van der Waals surface area contributed by atoms with Gasteiger partial charge in [0.15, 0.2) is 17.3 Å². The molecule has 4 aromatic rings. The van der Waals surface area contributed by atoms with E-state index in [-0.39, 0.29) is 0 Å². The first kappa shape index (κ1) is 15.9. The number of halogens is 1. The van der Waals surface area contributed by atoms with Gasteiger partial charge in [-0.15, -0.1) is 10.2 Å². The van der Waals surface area contributed by atoms with Crippen molar-refractivity contribution < 1.29 is 9.47 Å². The maximum atomic E-state index is 5.95. The summed E-state index contributed by atoms with van der Waals surface area (Å²) in [6.07, 6.45) is 0. The minimum absolute atomic E-state index is 0.630. The molecule has 0 fully saturated rings. The molecule has 8 heteroatoms. The highest BCUT2D eigenvalue weighted by Crippen LogP contribution is 2.33. The summed E-state index contributed by atoms with van der Waals surface area (Å²) >= 11 is 7.42. The fourth-order valence-corrected chi connectivity index (χ4v) is 3.45. The van der Waals surface area contributed by atoms with Crippen LogP contribution in [0.25, 0.3) is 26.9 Å². The average Bonchev–Trinajstić information content (AvgIpc) is 3.22. The second-order valence-electron chi connectivity index (χ2n) is 5.20. The van der Waals surface area contributed by atoms with Crippen molar-refractivity contribution >= 4 is 27.9 Å². The lowest BCUT2D eigenvalue weighted by molar-refractivity contribution is 0.355. The third-order valence-corrected chi connectivity index (χ3v) is 4.92. The van der Waals surface area contributed by atoms with Gasteiger partial charge in [-0.3, -0.25) is 0 Å². The summed E-state index contributed by atoms with van der Waals surface area (Å²) in [6.45, 7) is 0. The maximum absolute atomic E-state index is 5.95. The molecule has 0 unspecified atom stereocenters. The van der Waals surface area contributed by atoms with Crippen LogP contribution in [0.3, 0.4) is 0 Å². The van der Waals surface area contributed by atoms with Crippen LogP contribution in [-0.2, 0) is 0 Å². The quantitative estimate of drug-likeness (QED) is 0.537. The molecule has 2 aromatic heterocycles. The Labute approximate surface area is 152 Å². The average molecular weight is 373 g/mol. The Morgan fingerprint density at radius 3 is 2.36 bits per heavy atom. The lowest BCUT2D eigenvalue weighted by Gasteiger charge is -2.08. The molecule has 6 nitrogen and oxygen atoms in total. The number of rotatable bonds is 4. The highest BCUT2D eigenvalue weighted by atomic mass is 35.5. The second-order valence-corrected chi connectivity index (χ2v) is 6.59. The van der Waals surface area contributed by atoms with Gasteiger partial charge in [0.1, 0.15) is 5.01 Å². The predicted octanol–water partition coefficient (Wildman–Crippen LogP) is 4.19. The van der Waals surface area contributed by atoms with Gasteiger partial charge in [-0.2, -0.15) is 9.61 Å². The van der Waals surface area contributed by atoms with Crippen molar-refractivity contribution in [2.45, 2.75) is 0 Å². The van der Waals surface area contributed by atoms with E-state index in [4.69, 9.17) is 21.1 Å². The molecule has 126 valence electrons. The zero-order valence-corrected chi connectivity index (χ0v) is 15.0. The summed E-state index contributed by atoms with van der Waals surface area (Å²) in [5, 5.41) is 14.7. The van der Waals surface area contributed by atoms with Gasteiger partial charge >= 0.3 is 0 Å². The first-order valence-electron chi connectivity index (χ1n) is 7.40. The van der Waals surface area contributed by atoms with E-state index in [9.17, 15) is 0 Å². The lowest BCUT2D eigenvalue weighted by atomic mass is 10.2. The zero-order chi connectivity index (χ0) is 17.4. The van der Waals surface area contributed by atoms with Gasteiger partial charge in [-0.05, 0) is 30.3 Å². The Hall–Kier alpha value is -2.64. The molecule has 25 heavy (non-hydrogen) atoms. The number of hydrogen-bond acceptors (Lipinski definition) is 6. The van der Waals surface area contributed by atoms with Crippen LogP contribution in [0.5, 0.6) is 11.5 Å². The largest absolute Gasteiger partial charge is 0.493 e. The topological polar surface area (TPSA) is 61.5 Å². The molecule has 0 saturated heterocycles. The minimum atomic E-state index is 0.630. The van der Waals surface area contributed by atoms with Crippen LogP contribution in [0.1, 0.15) is 0 Å². The van der Waals surface area contributed by atoms with E-state index in [2.05, 4.69) is 15.3 Å². The van der Waals surface area contributed by atoms with E-state index < -0.39 is 0 Å². The predicted molar refractivity (Wildman–Crippen MR) is 97.6 cm³/mol. The van der Waals surface area contributed by atoms with E-state index in [0.29, 0.717) is 22.3 Å². The van der Waals surface area contributed by atoms with Gasteiger partial charge < -0.3 is 9.47 Å². The Balaban J connectivity index is 1.80. The van der Waals surface area contributed by atoms with Gasteiger partial charge in [0, 0.05) is 16.1 Å². The number of methoxy groups -OCH3 is 2. The van der Waals surface area contributed by atoms with Crippen LogP contribution in [0.2, 0.25) is 5.02 Å². The molecule has 0 N–H and O–H groups in total. The van der Waals surface area contributed by atoms with E-state index >= 15 is 0 Å². The number of hydrogen-bond donors (Lipinski definition) is 0. The van der Waals surface area contributed by atoms with Crippen molar-refractivity contribution in [2.75, 3.05) is 14.2 Å². The molecule has 2 aromatic carbocycles. The van der Waals surface area contributed by atoms with Crippen LogP contribution < -0.4 is 9.47 Å². The zero-order valence-electron chi connectivity index (χ0n) is 13.4. The molecule has 0 atom stereocenters. The van der Waals surface area contributed by atoms with E-state index in [1.807, 2.05) is 42.5 Å². The van der Waals surface area contributed by atoms with Crippen molar-refractivity contribution in [3.63, 3.8) is 0 Å². The van der Waals surface area contributed by atoms with E-state index in [1.165, 1.54) is 11.3 Å². The number of aromatic nitrogens is 4. The molecule has 0 amide bonds. The van der Waals surface area contributed by atoms with Gasteiger partial charge in [-0.25, -0.2) is 0 Å². The Bertz CT molecular complexity index is 1040. The molecule has 0 aliphatic rings. The van der Waals surface area contributed by atoms with E-state index in [0.717, 1.165) is 21.1 Å². The fraction of sp³-hybridized carbons (Fsp3) is 0.118. The first-order chi connectivity index (χ1) is 12.2. The van der Waals surface area contributed by atoms with Crippen molar-refractivity contribution in [3.8, 4) is 33.5 Å². The van der Waals surface area contributed by atoms with Crippen LogP contribution in [0.15, 0.2) is 42.5 Å². The summed E-state index contributed by atoms with van der Waals surface area (Å²) in [5.41, 5.74) is 1.83. The van der Waals surface area contributed by atoms with Crippen molar-refractivity contribution in [2.24, 2.45) is 0 Å². The summed E-state index contributed by atoms with van der Waals surface area (Å²) in [6, 6.07) is 13.1. The Morgan fingerprint density at radius 2 is 1.64 bits per heavy atom.